The summed E-state index contributed by atoms with van der Waals surface area (Å²) in [6.45, 7) is 4.32. The Bertz CT molecular complexity index is 971. The van der Waals surface area contributed by atoms with Crippen molar-refractivity contribution in [3.05, 3.63) is 41.6 Å². The number of hydrogen-bond donors (Lipinski definition) is 0. The number of likely N-dealkylation sites (tertiary alicyclic amines) is 1. The first kappa shape index (κ1) is 19.1. The van der Waals surface area contributed by atoms with E-state index in [1.54, 1.807) is 9.80 Å². The van der Waals surface area contributed by atoms with Crippen LogP contribution in [0.3, 0.4) is 0 Å². The molecule has 0 radical (unpaired) electrons. The smallest absolute Gasteiger partial charge is 0.275 e. The molecule has 9 heteroatoms. The van der Waals surface area contributed by atoms with E-state index in [2.05, 4.69) is 4.98 Å². The van der Waals surface area contributed by atoms with Gasteiger partial charge in [0.15, 0.2) is 18.1 Å². The van der Waals surface area contributed by atoms with Gasteiger partial charge < -0.3 is 23.5 Å². The van der Waals surface area contributed by atoms with E-state index in [1.807, 2.05) is 25.1 Å². The second kappa shape index (κ2) is 7.41. The Morgan fingerprint density at radius 2 is 1.97 bits per heavy atom. The molecule has 0 N–H and O–H groups in total. The number of rotatable bonds is 3. The van der Waals surface area contributed by atoms with Crippen LogP contribution in [0.5, 0.6) is 5.75 Å². The molecule has 2 fully saturated rings. The molecule has 2 aromatic rings. The molecule has 1 aromatic heterocycles. The molecule has 0 bridgehead atoms. The van der Waals surface area contributed by atoms with Crippen LogP contribution in [-0.2, 0) is 20.8 Å². The molecule has 3 aliphatic rings. The summed E-state index contributed by atoms with van der Waals surface area (Å²) in [5, 5.41) is 0. The van der Waals surface area contributed by atoms with E-state index in [4.69, 9.17) is 18.6 Å². The highest BCUT2D eigenvalue weighted by molar-refractivity contribution is 5.97. The molecular weight excluding hydrogens is 390 g/mol. The third-order valence-corrected chi connectivity index (χ3v) is 5.75. The van der Waals surface area contributed by atoms with E-state index in [0.717, 1.165) is 5.56 Å². The van der Waals surface area contributed by atoms with Gasteiger partial charge in [-0.15, -0.1) is 0 Å². The molecule has 3 aliphatic heterocycles. The first-order valence-electron chi connectivity index (χ1n) is 10.1. The number of anilines is 1. The number of amides is 2. The van der Waals surface area contributed by atoms with Gasteiger partial charge in [-0.25, -0.2) is 4.98 Å². The zero-order valence-electron chi connectivity index (χ0n) is 16.8. The van der Waals surface area contributed by atoms with Crippen LogP contribution >= 0.6 is 0 Å². The number of fused-ring (bicyclic) bond motifs is 1. The lowest BCUT2D eigenvalue weighted by Gasteiger charge is -2.37. The molecule has 0 unspecified atom stereocenters. The second-order valence-electron chi connectivity index (χ2n) is 7.77. The van der Waals surface area contributed by atoms with Crippen LogP contribution in [0.25, 0.3) is 0 Å². The number of hydrogen-bond acceptors (Lipinski definition) is 7. The molecular formula is C21H23N3O6. The number of aromatic nitrogens is 1. The third kappa shape index (κ3) is 3.44. The first-order valence-corrected chi connectivity index (χ1v) is 10.1. The fourth-order valence-electron chi connectivity index (χ4n) is 4.10. The molecule has 0 saturated carbocycles. The van der Waals surface area contributed by atoms with Gasteiger partial charge in [-0.2, -0.15) is 0 Å². The number of benzene rings is 1. The van der Waals surface area contributed by atoms with E-state index in [0.29, 0.717) is 56.5 Å². The number of nitrogens with zero attached hydrogens (tertiary/aromatic N) is 3. The van der Waals surface area contributed by atoms with E-state index in [-0.39, 0.29) is 30.7 Å². The SMILES string of the molecule is Cc1ccc2c(c1)N(Cc1nc(C(=O)N3CCC4(CC3)OCCO4)co1)C(=O)CO2. The van der Waals surface area contributed by atoms with Gasteiger partial charge in [0.1, 0.15) is 18.6 Å². The van der Waals surface area contributed by atoms with E-state index >= 15 is 0 Å². The molecule has 0 atom stereocenters. The van der Waals surface area contributed by atoms with Gasteiger partial charge in [0.05, 0.1) is 18.9 Å². The van der Waals surface area contributed by atoms with Crippen LogP contribution in [0.1, 0.15) is 34.8 Å². The third-order valence-electron chi connectivity index (χ3n) is 5.75. The molecule has 0 aliphatic carbocycles. The Kier molecular flexibility index (Phi) is 4.71. The molecule has 158 valence electrons. The topological polar surface area (TPSA) is 94.3 Å². The van der Waals surface area contributed by atoms with Crippen LogP contribution < -0.4 is 9.64 Å². The lowest BCUT2D eigenvalue weighted by Crippen LogP contribution is -2.47. The summed E-state index contributed by atoms with van der Waals surface area (Å²) in [4.78, 5) is 32.9. The molecule has 9 nitrogen and oxygen atoms in total. The average molecular weight is 413 g/mol. The van der Waals surface area contributed by atoms with Crippen molar-refractivity contribution in [2.45, 2.75) is 32.1 Å². The lowest BCUT2D eigenvalue weighted by molar-refractivity contribution is -0.181. The fraction of sp³-hybridized carbons (Fsp3) is 0.476. The zero-order chi connectivity index (χ0) is 20.7. The normalized spacial score (nSPS) is 20.4. The van der Waals surface area contributed by atoms with Crippen molar-refractivity contribution in [1.29, 1.82) is 0 Å². The number of carbonyl (C=O) groups is 2. The minimum absolute atomic E-state index is 0.0395. The summed E-state index contributed by atoms with van der Waals surface area (Å²) in [7, 11) is 0. The highest BCUT2D eigenvalue weighted by Crippen LogP contribution is 2.34. The zero-order valence-corrected chi connectivity index (χ0v) is 16.8. The predicted octanol–water partition coefficient (Wildman–Crippen LogP) is 1.89. The summed E-state index contributed by atoms with van der Waals surface area (Å²) in [6, 6.07) is 5.66. The molecule has 2 amide bonds. The number of oxazole rings is 1. The van der Waals surface area contributed by atoms with Gasteiger partial charge >= 0.3 is 0 Å². The second-order valence-corrected chi connectivity index (χ2v) is 7.77. The Balaban J connectivity index is 1.28. The molecule has 1 spiro atoms. The highest BCUT2D eigenvalue weighted by atomic mass is 16.7. The summed E-state index contributed by atoms with van der Waals surface area (Å²) in [5.74, 6) is 0.0339. The van der Waals surface area contributed by atoms with Crippen LogP contribution in [0.2, 0.25) is 0 Å². The van der Waals surface area contributed by atoms with Gasteiger partial charge in [0.25, 0.3) is 11.8 Å². The Morgan fingerprint density at radius 1 is 1.20 bits per heavy atom. The Labute approximate surface area is 173 Å². The number of ether oxygens (including phenoxy) is 3. The van der Waals surface area contributed by atoms with E-state index in [9.17, 15) is 9.59 Å². The van der Waals surface area contributed by atoms with Gasteiger partial charge in [0.2, 0.25) is 5.89 Å². The maximum absolute atomic E-state index is 12.8. The van der Waals surface area contributed by atoms with Crippen molar-refractivity contribution < 1.29 is 28.2 Å². The summed E-state index contributed by atoms with van der Waals surface area (Å²) < 4.78 is 22.4. The van der Waals surface area contributed by atoms with Crippen LogP contribution in [0.4, 0.5) is 5.69 Å². The van der Waals surface area contributed by atoms with Crippen LogP contribution in [0.15, 0.2) is 28.9 Å². The summed E-state index contributed by atoms with van der Waals surface area (Å²) in [5.41, 5.74) is 1.92. The van der Waals surface area contributed by atoms with Crippen LogP contribution in [-0.4, -0.2) is 60.4 Å². The standard InChI is InChI=1S/C21H23N3O6/c1-14-2-3-17-16(10-14)24(19(25)13-27-17)11-18-22-15(12-28-18)20(26)23-6-4-21(5-7-23)29-8-9-30-21/h2-3,10,12H,4-9,11,13H2,1H3. The van der Waals surface area contributed by atoms with E-state index < -0.39 is 5.79 Å². The number of aryl methyl sites for hydroxylation is 1. The van der Waals surface area contributed by atoms with Gasteiger partial charge in [-0.3, -0.25) is 14.5 Å². The van der Waals surface area contributed by atoms with Crippen molar-refractivity contribution >= 4 is 17.5 Å². The van der Waals surface area contributed by atoms with Crippen molar-refractivity contribution in [3.63, 3.8) is 0 Å². The predicted molar refractivity (Wildman–Crippen MR) is 104 cm³/mol. The molecule has 2 saturated heterocycles. The monoisotopic (exact) mass is 413 g/mol. The lowest BCUT2D eigenvalue weighted by atomic mass is 10.0. The molecule has 30 heavy (non-hydrogen) atoms. The first-order chi connectivity index (χ1) is 14.5. The van der Waals surface area contributed by atoms with E-state index in [1.165, 1.54) is 6.26 Å². The van der Waals surface area contributed by atoms with Gasteiger partial charge in [0, 0.05) is 25.9 Å². The minimum Gasteiger partial charge on any atom is -0.482 e. The van der Waals surface area contributed by atoms with Crippen molar-refractivity contribution in [3.8, 4) is 5.75 Å². The molecule has 4 heterocycles. The molecule has 1 aromatic carbocycles. The van der Waals surface area contributed by atoms with Crippen molar-refractivity contribution in [1.82, 2.24) is 9.88 Å². The Morgan fingerprint density at radius 3 is 2.73 bits per heavy atom. The van der Waals surface area contributed by atoms with Crippen LogP contribution in [0, 0.1) is 6.92 Å². The maximum Gasteiger partial charge on any atom is 0.275 e. The fourth-order valence-corrected chi connectivity index (χ4v) is 4.10. The van der Waals surface area contributed by atoms with Gasteiger partial charge in [-0.05, 0) is 24.6 Å². The highest BCUT2D eigenvalue weighted by Gasteiger charge is 2.41. The largest absolute Gasteiger partial charge is 0.482 e. The van der Waals surface area contributed by atoms with Crippen molar-refractivity contribution in [2.75, 3.05) is 37.8 Å². The Hall–Kier alpha value is -2.91. The quantitative estimate of drug-likeness (QED) is 0.758. The maximum atomic E-state index is 12.8. The van der Waals surface area contributed by atoms with Gasteiger partial charge in [-0.1, -0.05) is 6.07 Å². The summed E-state index contributed by atoms with van der Waals surface area (Å²) >= 11 is 0. The number of carbonyl (C=O) groups excluding carboxylic acids is 2. The summed E-state index contributed by atoms with van der Waals surface area (Å²) in [6.07, 6.45) is 2.64. The molecule has 5 rings (SSSR count). The minimum atomic E-state index is -0.534. The number of piperidine rings is 1. The van der Waals surface area contributed by atoms with Crippen molar-refractivity contribution in [2.24, 2.45) is 0 Å². The average Bonchev–Trinajstić information content (AvgIpc) is 3.40.